The summed E-state index contributed by atoms with van der Waals surface area (Å²) >= 11 is 2.93. The number of thiazole rings is 1. The van der Waals surface area contributed by atoms with Crippen LogP contribution < -0.4 is 4.74 Å². The van der Waals surface area contributed by atoms with Gasteiger partial charge in [-0.1, -0.05) is 24.2 Å². The van der Waals surface area contributed by atoms with Gasteiger partial charge in [0.2, 0.25) is 0 Å². The summed E-state index contributed by atoms with van der Waals surface area (Å²) in [5.74, 6) is -1.29. The molecule has 34 heavy (non-hydrogen) atoms. The molecular formula is C24H34F2N4O2S2. The van der Waals surface area contributed by atoms with E-state index in [0.29, 0.717) is 29.7 Å². The molecule has 0 unspecified atom stereocenters. The molecule has 3 heterocycles. The number of ketones is 1. The lowest BCUT2D eigenvalue weighted by Crippen LogP contribution is -2.30. The third-order valence-corrected chi connectivity index (χ3v) is 8.69. The number of halogens is 2. The lowest BCUT2D eigenvalue weighted by atomic mass is 9.78. The normalized spacial score (nSPS) is 21.8. The molecule has 2 aromatic heterocycles. The molecule has 1 fully saturated rings. The summed E-state index contributed by atoms with van der Waals surface area (Å²) in [6.07, 6.45) is 8.77. The van der Waals surface area contributed by atoms with Gasteiger partial charge in [0.25, 0.3) is 11.1 Å². The molecule has 0 spiro atoms. The number of aromatic nitrogens is 3. The van der Waals surface area contributed by atoms with Crippen molar-refractivity contribution >= 4 is 28.5 Å². The molecule has 0 atom stereocenters. The van der Waals surface area contributed by atoms with Crippen LogP contribution in [0.2, 0.25) is 0 Å². The molecule has 0 amide bonds. The topological polar surface area (TPSA) is 68.2 Å². The summed E-state index contributed by atoms with van der Waals surface area (Å²) in [7, 11) is 0. The Morgan fingerprint density at radius 1 is 1.12 bits per heavy atom. The Labute approximate surface area is 208 Å². The Kier molecular flexibility index (Phi) is 8.63. The molecule has 10 heteroatoms. The molecule has 1 aliphatic carbocycles. The van der Waals surface area contributed by atoms with E-state index in [-0.39, 0.29) is 0 Å². The average molecular weight is 513 g/mol. The molecule has 0 radical (unpaired) electrons. The minimum absolute atomic E-state index is 0.294. The first-order valence-corrected chi connectivity index (χ1v) is 13.9. The van der Waals surface area contributed by atoms with Crippen LogP contribution in [0.1, 0.15) is 66.0 Å². The van der Waals surface area contributed by atoms with Gasteiger partial charge in [0.05, 0.1) is 12.1 Å². The van der Waals surface area contributed by atoms with Crippen LogP contribution in [0.15, 0.2) is 0 Å². The van der Waals surface area contributed by atoms with Crippen LogP contribution in [0.3, 0.4) is 0 Å². The van der Waals surface area contributed by atoms with Crippen molar-refractivity contribution in [3.05, 3.63) is 20.6 Å². The highest BCUT2D eigenvalue weighted by atomic mass is 32.1. The van der Waals surface area contributed by atoms with Crippen LogP contribution in [0.5, 0.6) is 5.19 Å². The first kappa shape index (κ1) is 25.6. The van der Waals surface area contributed by atoms with Crippen molar-refractivity contribution in [3.63, 3.8) is 0 Å². The van der Waals surface area contributed by atoms with E-state index in [9.17, 15) is 13.6 Å². The van der Waals surface area contributed by atoms with E-state index < -0.39 is 12.5 Å². The van der Waals surface area contributed by atoms with Gasteiger partial charge in [-0.3, -0.25) is 4.79 Å². The van der Waals surface area contributed by atoms with E-state index in [1.54, 1.807) is 0 Å². The van der Waals surface area contributed by atoms with E-state index >= 15 is 0 Å². The fourth-order valence-electron chi connectivity index (χ4n) is 4.92. The summed E-state index contributed by atoms with van der Waals surface area (Å²) in [6.45, 7) is 5.18. The van der Waals surface area contributed by atoms with E-state index in [1.807, 2.05) is 6.92 Å². The predicted octanol–water partition coefficient (Wildman–Crippen LogP) is 5.14. The third kappa shape index (κ3) is 7.75. The Morgan fingerprint density at radius 3 is 2.56 bits per heavy atom. The van der Waals surface area contributed by atoms with Crippen molar-refractivity contribution in [1.82, 2.24) is 20.1 Å². The zero-order valence-corrected chi connectivity index (χ0v) is 21.7. The number of hydrogen-bond donors (Lipinski definition) is 0. The monoisotopic (exact) mass is 512 g/mol. The summed E-state index contributed by atoms with van der Waals surface area (Å²) in [5.41, 5.74) is 1.01. The van der Waals surface area contributed by atoms with E-state index in [0.717, 1.165) is 73.9 Å². The van der Waals surface area contributed by atoms with Gasteiger partial charge in [0.1, 0.15) is 15.8 Å². The van der Waals surface area contributed by atoms with Gasteiger partial charge >= 0.3 is 0 Å². The smallest absolute Gasteiger partial charge is 0.278 e. The first-order valence-electron chi connectivity index (χ1n) is 12.3. The third-order valence-electron chi connectivity index (χ3n) is 6.78. The molecule has 0 bridgehead atoms. The number of aryl methyl sites for hydroxylation is 1. The minimum Gasteiger partial charge on any atom is -0.464 e. The van der Waals surface area contributed by atoms with Gasteiger partial charge in [-0.25, -0.2) is 13.8 Å². The number of ether oxygens (including phenoxy) is 1. The molecule has 188 valence electrons. The molecular weight excluding hydrogens is 478 g/mol. The Hall–Kier alpha value is -1.52. The fraction of sp³-hybridized carbons (Fsp3) is 0.750. The second-order valence-corrected chi connectivity index (χ2v) is 12.2. The van der Waals surface area contributed by atoms with Gasteiger partial charge in [-0.05, 0) is 51.0 Å². The molecule has 1 aliphatic heterocycles. The molecule has 2 aromatic rings. The highest BCUT2D eigenvalue weighted by molar-refractivity contribution is 7.13. The minimum atomic E-state index is -2.84. The van der Waals surface area contributed by atoms with Crippen LogP contribution in [-0.4, -0.2) is 58.0 Å². The van der Waals surface area contributed by atoms with Gasteiger partial charge in [-0.2, -0.15) is 0 Å². The number of hydrogen-bond acceptors (Lipinski definition) is 8. The van der Waals surface area contributed by atoms with Crippen molar-refractivity contribution in [2.75, 3.05) is 26.2 Å². The highest BCUT2D eigenvalue weighted by Crippen LogP contribution is 2.34. The Morgan fingerprint density at radius 2 is 1.85 bits per heavy atom. The van der Waals surface area contributed by atoms with Gasteiger partial charge in [0.15, 0.2) is 6.61 Å². The van der Waals surface area contributed by atoms with Gasteiger partial charge < -0.3 is 9.64 Å². The molecule has 1 saturated carbocycles. The van der Waals surface area contributed by atoms with E-state index in [2.05, 4.69) is 20.1 Å². The zero-order chi connectivity index (χ0) is 24.1. The average Bonchev–Trinajstić information content (AvgIpc) is 3.32. The SMILES string of the molecule is Cc1nnc(CC(=O)CC2CCC(CCN3CCc4nc(OCC(C)(F)F)sc4CC3)CC2)s1. The number of alkyl halides is 2. The second kappa shape index (κ2) is 11.5. The fourth-order valence-corrected chi connectivity index (χ4v) is 6.60. The lowest BCUT2D eigenvalue weighted by Gasteiger charge is -2.30. The van der Waals surface area contributed by atoms with Crippen molar-refractivity contribution in [3.8, 4) is 5.19 Å². The van der Waals surface area contributed by atoms with Crippen molar-refractivity contribution < 1.29 is 18.3 Å². The molecule has 0 N–H and O–H groups in total. The zero-order valence-electron chi connectivity index (χ0n) is 20.0. The molecule has 2 aliphatic rings. The maximum atomic E-state index is 13.0. The largest absolute Gasteiger partial charge is 0.464 e. The van der Waals surface area contributed by atoms with Gasteiger partial charge in [0, 0.05) is 37.7 Å². The quantitative estimate of drug-likeness (QED) is 0.439. The Balaban J connectivity index is 1.13. The molecule has 0 aromatic carbocycles. The van der Waals surface area contributed by atoms with Crippen LogP contribution in [0.4, 0.5) is 8.78 Å². The lowest BCUT2D eigenvalue weighted by molar-refractivity contribution is -0.119. The van der Waals surface area contributed by atoms with Crippen LogP contribution in [0.25, 0.3) is 0 Å². The van der Waals surface area contributed by atoms with Crippen LogP contribution in [-0.2, 0) is 24.1 Å². The highest BCUT2D eigenvalue weighted by Gasteiger charge is 2.26. The number of Topliss-reactive ketones (excluding diaryl/α,β-unsaturated/α-hetero) is 1. The summed E-state index contributed by atoms with van der Waals surface area (Å²) in [6, 6.07) is 0. The first-order chi connectivity index (χ1) is 16.2. The van der Waals surface area contributed by atoms with Gasteiger partial charge in [-0.15, -0.1) is 21.5 Å². The standard InChI is InChI=1S/C24H34F2N4O2S2/c1-16-28-29-22(33-16)14-19(31)13-18-5-3-17(4-6-18)7-10-30-11-8-20-21(9-12-30)34-23(27-20)32-15-24(2,25)26/h17-18H,3-15H2,1-2H3. The maximum Gasteiger partial charge on any atom is 0.278 e. The predicted molar refractivity (Wildman–Crippen MR) is 130 cm³/mol. The summed E-state index contributed by atoms with van der Waals surface area (Å²) < 4.78 is 31.3. The van der Waals surface area contributed by atoms with Crippen molar-refractivity contribution in [1.29, 1.82) is 0 Å². The molecule has 4 rings (SSSR count). The van der Waals surface area contributed by atoms with E-state index in [4.69, 9.17) is 4.74 Å². The molecule has 0 saturated heterocycles. The van der Waals surface area contributed by atoms with E-state index in [1.165, 1.54) is 46.8 Å². The summed E-state index contributed by atoms with van der Waals surface area (Å²) in [4.78, 5) is 20.5. The maximum absolute atomic E-state index is 13.0. The summed E-state index contributed by atoms with van der Waals surface area (Å²) in [5, 5.41) is 10.2. The number of fused-ring (bicyclic) bond motifs is 1. The Bertz CT molecular complexity index is 926. The second-order valence-electron chi connectivity index (χ2n) is 9.86. The number of rotatable bonds is 10. The van der Waals surface area contributed by atoms with Crippen molar-refractivity contribution in [2.24, 2.45) is 11.8 Å². The number of carbonyl (C=O) groups excluding carboxylic acids is 1. The number of carbonyl (C=O) groups is 1. The van der Waals surface area contributed by atoms with Crippen LogP contribution in [0, 0.1) is 18.8 Å². The number of nitrogens with zero attached hydrogens (tertiary/aromatic N) is 4. The van der Waals surface area contributed by atoms with Crippen molar-refractivity contribution in [2.45, 2.75) is 77.6 Å². The van der Waals surface area contributed by atoms with Crippen LogP contribution >= 0.6 is 22.7 Å². The molecule has 6 nitrogen and oxygen atoms in total.